The Morgan fingerprint density at radius 3 is 2.31 bits per heavy atom. The van der Waals surface area contributed by atoms with Crippen LogP contribution in [-0.4, -0.2) is 68.4 Å². The Bertz CT molecular complexity index is 480. The number of aliphatic imine (C=N–C) groups is 1. The minimum Gasteiger partial charge on any atom is -0.466 e. The molecule has 8 nitrogen and oxygen atoms in total. The van der Waals surface area contributed by atoms with E-state index in [9.17, 15) is 9.59 Å². The lowest BCUT2D eigenvalue weighted by molar-refractivity contribution is -0.149. The summed E-state index contributed by atoms with van der Waals surface area (Å²) in [4.78, 5) is 29.8. The number of nitrogens with zero attached hydrogens (tertiary/aromatic N) is 2. The van der Waals surface area contributed by atoms with E-state index in [0.717, 1.165) is 38.3 Å². The van der Waals surface area contributed by atoms with E-state index in [1.54, 1.807) is 7.05 Å². The summed E-state index contributed by atoms with van der Waals surface area (Å²) in [6.07, 6.45) is 1.92. The molecule has 0 aromatic heterocycles. The lowest BCUT2D eigenvalue weighted by Gasteiger charge is -2.33. The first-order chi connectivity index (χ1) is 12.3. The Kier molecular flexibility index (Phi) is 9.23. The number of amides is 1. The molecule has 8 heteroatoms. The van der Waals surface area contributed by atoms with Crippen LogP contribution in [-0.2, 0) is 14.3 Å². The van der Waals surface area contributed by atoms with Gasteiger partial charge in [0.15, 0.2) is 5.96 Å². The van der Waals surface area contributed by atoms with Crippen molar-refractivity contribution in [2.24, 2.45) is 10.9 Å². The van der Waals surface area contributed by atoms with E-state index < -0.39 is 11.7 Å². The number of likely N-dealkylation sites (tertiary alicyclic amines) is 1. The van der Waals surface area contributed by atoms with Crippen LogP contribution in [0.4, 0.5) is 4.79 Å². The first kappa shape index (κ1) is 22.1. The third kappa shape index (κ3) is 8.40. The van der Waals surface area contributed by atoms with Crippen LogP contribution in [0.5, 0.6) is 0 Å². The summed E-state index contributed by atoms with van der Waals surface area (Å²) in [6, 6.07) is 0. The van der Waals surface area contributed by atoms with E-state index >= 15 is 0 Å². The molecule has 1 fully saturated rings. The summed E-state index contributed by atoms with van der Waals surface area (Å²) in [5.41, 5.74) is -0.486. The predicted molar refractivity (Wildman–Crippen MR) is 101 cm³/mol. The van der Waals surface area contributed by atoms with Crippen molar-refractivity contribution >= 4 is 18.0 Å². The van der Waals surface area contributed by atoms with Gasteiger partial charge in [-0.1, -0.05) is 0 Å². The minimum atomic E-state index is -0.486. The van der Waals surface area contributed by atoms with Gasteiger partial charge in [0.1, 0.15) is 5.60 Å². The molecule has 0 atom stereocenters. The van der Waals surface area contributed by atoms with Crippen molar-refractivity contribution in [1.29, 1.82) is 0 Å². The van der Waals surface area contributed by atoms with Crippen LogP contribution in [0.15, 0.2) is 4.99 Å². The van der Waals surface area contributed by atoms with Gasteiger partial charge in [-0.05, 0) is 47.0 Å². The second-order valence-corrected chi connectivity index (χ2v) is 7.27. The van der Waals surface area contributed by atoms with Gasteiger partial charge in [-0.2, -0.15) is 0 Å². The maximum atomic E-state index is 11.8. The topological polar surface area (TPSA) is 92.3 Å². The van der Waals surface area contributed by atoms with E-state index in [0.29, 0.717) is 19.7 Å². The highest BCUT2D eigenvalue weighted by Gasteiger charge is 2.27. The first-order valence-electron chi connectivity index (χ1n) is 9.36. The zero-order valence-electron chi connectivity index (χ0n) is 16.8. The van der Waals surface area contributed by atoms with Crippen LogP contribution in [0.1, 0.15) is 47.0 Å². The molecule has 2 N–H and O–H groups in total. The van der Waals surface area contributed by atoms with Crippen LogP contribution in [0, 0.1) is 5.92 Å². The summed E-state index contributed by atoms with van der Waals surface area (Å²) >= 11 is 0. The SMILES string of the molecule is CCOC(=O)C1CCN(C(=NC)NCCCNC(=O)OC(C)(C)C)CC1. The maximum Gasteiger partial charge on any atom is 0.407 e. The molecule has 26 heavy (non-hydrogen) atoms. The molecule has 1 saturated heterocycles. The number of rotatable bonds is 6. The van der Waals surface area contributed by atoms with Crippen molar-refractivity contribution in [3.63, 3.8) is 0 Å². The standard InChI is InChI=1S/C18H34N4O4/c1-6-25-15(23)14-8-12-22(13-9-14)16(19-5)20-10-7-11-21-17(24)26-18(2,3)4/h14H,6-13H2,1-5H3,(H,19,20)(H,21,24). The summed E-state index contributed by atoms with van der Waals surface area (Å²) in [6.45, 7) is 10.6. The lowest BCUT2D eigenvalue weighted by atomic mass is 9.97. The molecular weight excluding hydrogens is 336 g/mol. The minimum absolute atomic E-state index is 0.0117. The normalized spacial score (nSPS) is 16.2. The summed E-state index contributed by atoms with van der Waals surface area (Å²) in [7, 11) is 1.75. The van der Waals surface area contributed by atoms with E-state index in [4.69, 9.17) is 9.47 Å². The van der Waals surface area contributed by atoms with E-state index in [1.807, 2.05) is 27.7 Å². The number of alkyl carbamates (subject to hydrolysis) is 1. The number of ether oxygens (including phenoxy) is 2. The van der Waals surface area contributed by atoms with Gasteiger partial charge in [0, 0.05) is 33.2 Å². The average molecular weight is 370 g/mol. The number of nitrogens with one attached hydrogen (secondary N) is 2. The molecule has 0 aromatic rings. The summed E-state index contributed by atoms with van der Waals surface area (Å²) in [5, 5.41) is 6.03. The van der Waals surface area contributed by atoms with Gasteiger partial charge in [-0.25, -0.2) is 4.79 Å². The Morgan fingerprint density at radius 2 is 1.77 bits per heavy atom. The highest BCUT2D eigenvalue weighted by molar-refractivity contribution is 5.80. The second-order valence-electron chi connectivity index (χ2n) is 7.27. The number of carbonyl (C=O) groups excluding carboxylic acids is 2. The molecule has 0 spiro atoms. The zero-order chi connectivity index (χ0) is 19.6. The third-order valence-corrected chi connectivity index (χ3v) is 3.93. The maximum absolute atomic E-state index is 11.8. The summed E-state index contributed by atoms with van der Waals surface area (Å²) < 4.78 is 10.3. The van der Waals surface area contributed by atoms with Gasteiger partial charge >= 0.3 is 12.1 Å². The highest BCUT2D eigenvalue weighted by atomic mass is 16.6. The molecule has 0 bridgehead atoms. The fourth-order valence-electron chi connectivity index (χ4n) is 2.71. The van der Waals surface area contributed by atoms with Crippen LogP contribution >= 0.6 is 0 Å². The van der Waals surface area contributed by atoms with Crippen LogP contribution in [0.2, 0.25) is 0 Å². The van der Waals surface area contributed by atoms with Crippen LogP contribution in [0.25, 0.3) is 0 Å². The van der Waals surface area contributed by atoms with Gasteiger partial charge in [-0.15, -0.1) is 0 Å². The Hall–Kier alpha value is -1.99. The average Bonchev–Trinajstić information content (AvgIpc) is 2.57. The van der Waals surface area contributed by atoms with Crippen LogP contribution in [0.3, 0.4) is 0 Å². The number of guanidine groups is 1. The molecule has 1 aliphatic rings. The molecule has 0 unspecified atom stereocenters. The smallest absolute Gasteiger partial charge is 0.407 e. The largest absolute Gasteiger partial charge is 0.466 e. The zero-order valence-corrected chi connectivity index (χ0v) is 16.8. The monoisotopic (exact) mass is 370 g/mol. The molecule has 0 radical (unpaired) electrons. The molecule has 0 saturated carbocycles. The van der Waals surface area contributed by atoms with E-state index in [2.05, 4.69) is 20.5 Å². The van der Waals surface area contributed by atoms with Gasteiger partial charge in [0.25, 0.3) is 0 Å². The highest BCUT2D eigenvalue weighted by Crippen LogP contribution is 2.18. The molecule has 150 valence electrons. The molecule has 1 heterocycles. The number of carbonyl (C=O) groups is 2. The van der Waals surface area contributed by atoms with Crippen molar-refractivity contribution in [3.05, 3.63) is 0 Å². The quantitative estimate of drug-likeness (QED) is 0.320. The first-order valence-corrected chi connectivity index (χ1v) is 9.36. The second kappa shape index (κ2) is 10.9. The molecule has 0 aromatic carbocycles. The van der Waals surface area contributed by atoms with Gasteiger partial charge < -0.3 is 25.0 Å². The molecule has 1 aliphatic heterocycles. The molecule has 0 aliphatic carbocycles. The Balaban J connectivity index is 2.24. The number of piperidine rings is 1. The predicted octanol–water partition coefficient (Wildman–Crippen LogP) is 1.75. The number of esters is 1. The van der Waals surface area contributed by atoms with Gasteiger partial charge in [0.2, 0.25) is 0 Å². The van der Waals surface area contributed by atoms with Gasteiger partial charge in [-0.3, -0.25) is 9.79 Å². The van der Waals surface area contributed by atoms with E-state index in [1.165, 1.54) is 0 Å². The fraction of sp³-hybridized carbons (Fsp3) is 0.833. The van der Waals surface area contributed by atoms with E-state index in [-0.39, 0.29) is 11.9 Å². The lowest BCUT2D eigenvalue weighted by Crippen LogP contribution is -2.47. The molecular formula is C18H34N4O4. The van der Waals surface area contributed by atoms with Crippen molar-refractivity contribution < 1.29 is 19.1 Å². The number of hydrogen-bond donors (Lipinski definition) is 2. The fourth-order valence-corrected chi connectivity index (χ4v) is 2.71. The molecule has 1 amide bonds. The van der Waals surface area contributed by atoms with Crippen molar-refractivity contribution in [2.45, 2.75) is 52.6 Å². The Morgan fingerprint density at radius 1 is 1.15 bits per heavy atom. The van der Waals surface area contributed by atoms with Gasteiger partial charge in [0.05, 0.1) is 12.5 Å². The molecule has 1 rings (SSSR count). The van der Waals surface area contributed by atoms with Crippen molar-refractivity contribution in [1.82, 2.24) is 15.5 Å². The Labute approximate surface area is 156 Å². The summed E-state index contributed by atoms with van der Waals surface area (Å²) in [5.74, 6) is 0.718. The van der Waals surface area contributed by atoms with Crippen molar-refractivity contribution in [3.8, 4) is 0 Å². The van der Waals surface area contributed by atoms with Crippen molar-refractivity contribution in [2.75, 3.05) is 39.8 Å². The number of hydrogen-bond acceptors (Lipinski definition) is 5. The third-order valence-electron chi connectivity index (χ3n) is 3.93. The van der Waals surface area contributed by atoms with Crippen LogP contribution < -0.4 is 10.6 Å².